The van der Waals surface area contributed by atoms with Crippen molar-refractivity contribution in [3.63, 3.8) is 0 Å². The highest BCUT2D eigenvalue weighted by atomic mass is 16.5. The van der Waals surface area contributed by atoms with E-state index >= 15 is 0 Å². The number of nitrogens with one attached hydrogen (secondary N) is 1. The summed E-state index contributed by atoms with van der Waals surface area (Å²) in [6, 6.07) is 17.7. The molecule has 4 atom stereocenters. The number of aryl methyl sites for hydroxylation is 3. The molecule has 0 unspecified atom stereocenters. The van der Waals surface area contributed by atoms with Gasteiger partial charge in [-0.2, -0.15) is 0 Å². The lowest BCUT2D eigenvalue weighted by Gasteiger charge is -2.27. The average molecular weight is 632 g/mol. The van der Waals surface area contributed by atoms with E-state index < -0.39 is 0 Å². The number of methoxy groups -OCH3 is 1. The number of nitrogens with zero attached hydrogens (tertiary/aromatic N) is 5. The molecule has 242 valence electrons. The molecular formula is C37H41N7O3. The molecule has 5 aromatic rings. The molecule has 2 aliphatic heterocycles. The zero-order valence-corrected chi connectivity index (χ0v) is 27.2. The highest BCUT2D eigenvalue weighted by molar-refractivity contribution is 6.00. The SMILES string of the molecule is COc1cc(C(=O)N2C[C@H]3CC[C@@H]2[C@@H]3N)cc2nc(-c3cc4ccc5nc4n3CCCCCc3ccccc3C(=O)N[C@@H]5C)n(C)c12. The molecule has 10 nitrogen and oxygen atoms in total. The molecule has 4 bridgehead atoms. The van der Waals surface area contributed by atoms with E-state index in [0.717, 1.165) is 90.0 Å². The van der Waals surface area contributed by atoms with E-state index in [0.29, 0.717) is 29.3 Å². The molecule has 0 radical (unpaired) electrons. The topological polar surface area (TPSA) is 120 Å². The summed E-state index contributed by atoms with van der Waals surface area (Å²) in [5.74, 6) is 1.69. The number of aromatic nitrogens is 4. The van der Waals surface area contributed by atoms with Crippen LogP contribution in [0.3, 0.4) is 0 Å². The number of amides is 2. The van der Waals surface area contributed by atoms with Crippen molar-refractivity contribution < 1.29 is 14.3 Å². The Bertz CT molecular complexity index is 2040. The van der Waals surface area contributed by atoms with Crippen LogP contribution in [0.5, 0.6) is 5.75 Å². The molecular weight excluding hydrogens is 590 g/mol. The Morgan fingerprint density at radius 3 is 2.68 bits per heavy atom. The van der Waals surface area contributed by atoms with Gasteiger partial charge in [-0.1, -0.05) is 24.6 Å². The minimum absolute atomic E-state index is 0.0112. The van der Waals surface area contributed by atoms with Gasteiger partial charge in [-0.05, 0) is 86.9 Å². The summed E-state index contributed by atoms with van der Waals surface area (Å²) in [5, 5.41) is 4.19. The molecule has 2 amide bonds. The number of nitrogens with two attached hydrogens (primary N) is 1. The summed E-state index contributed by atoms with van der Waals surface area (Å²) in [6.45, 7) is 3.47. The van der Waals surface area contributed by atoms with E-state index in [2.05, 4.69) is 32.7 Å². The van der Waals surface area contributed by atoms with Gasteiger partial charge < -0.3 is 29.8 Å². The second-order valence-electron chi connectivity index (χ2n) is 13.5. The second kappa shape index (κ2) is 11.5. The normalized spacial score (nSPS) is 22.9. The standard InChI is InChI=1S/C37H41N7O3/c1-21-27-14-12-23-18-30(43(34(23)40-27)16-8-4-5-9-22-10-6-7-11-26(22)36(45)39-21)35-41-28-17-25(19-31(47-3)33(28)42(35)2)37(46)44-20-24-13-15-29(44)32(24)38/h6-7,10-12,14,17-19,21,24,29,32H,4-5,8-9,13,15-16,20,38H2,1-3H3,(H,39,45)/t21-,24-,29-,32-/m1/s1. The van der Waals surface area contributed by atoms with Crippen LogP contribution in [0.2, 0.25) is 0 Å². The van der Waals surface area contributed by atoms with Crippen LogP contribution in [0.1, 0.15) is 77.0 Å². The molecule has 47 heavy (non-hydrogen) atoms. The second-order valence-corrected chi connectivity index (χ2v) is 13.5. The Hall–Kier alpha value is -4.70. The number of piperidine rings is 1. The third-order valence-corrected chi connectivity index (χ3v) is 10.7. The van der Waals surface area contributed by atoms with Crippen LogP contribution in [0.15, 0.2) is 54.6 Å². The molecule has 10 heteroatoms. The molecule has 3 N–H and O–H groups in total. The third kappa shape index (κ3) is 4.88. The Morgan fingerprint density at radius 2 is 1.89 bits per heavy atom. The minimum atomic E-state index is -0.272. The van der Waals surface area contributed by atoms with Crippen LogP contribution in [-0.2, 0) is 20.0 Å². The number of pyridine rings is 1. The van der Waals surface area contributed by atoms with Gasteiger partial charge in [0.05, 0.1) is 30.1 Å². The van der Waals surface area contributed by atoms with Crippen LogP contribution in [0.4, 0.5) is 0 Å². The lowest BCUT2D eigenvalue weighted by molar-refractivity contribution is 0.0700. The molecule has 2 fully saturated rings. The van der Waals surface area contributed by atoms with Crippen molar-refractivity contribution in [2.24, 2.45) is 18.7 Å². The van der Waals surface area contributed by atoms with E-state index in [4.69, 9.17) is 20.4 Å². The minimum Gasteiger partial charge on any atom is -0.494 e. The summed E-state index contributed by atoms with van der Waals surface area (Å²) >= 11 is 0. The largest absolute Gasteiger partial charge is 0.494 e. The zero-order chi connectivity index (χ0) is 32.4. The lowest BCUT2D eigenvalue weighted by atomic mass is 10.00. The summed E-state index contributed by atoms with van der Waals surface area (Å²) in [6.07, 6.45) is 5.85. The Kier molecular flexibility index (Phi) is 7.28. The Morgan fingerprint density at radius 1 is 1.04 bits per heavy atom. The summed E-state index contributed by atoms with van der Waals surface area (Å²) < 4.78 is 10.2. The fraction of sp³-hybridized carbons (Fsp3) is 0.405. The maximum absolute atomic E-state index is 13.8. The zero-order valence-electron chi connectivity index (χ0n) is 27.2. The first-order valence-electron chi connectivity index (χ1n) is 16.8. The van der Waals surface area contributed by atoms with Crippen LogP contribution < -0.4 is 15.8 Å². The molecule has 1 saturated carbocycles. The van der Waals surface area contributed by atoms with Crippen molar-refractivity contribution in [3.05, 3.63) is 77.0 Å². The van der Waals surface area contributed by atoms with E-state index in [-0.39, 0.29) is 29.9 Å². The predicted molar refractivity (Wildman–Crippen MR) is 181 cm³/mol. The first kappa shape index (κ1) is 29.7. The van der Waals surface area contributed by atoms with Gasteiger partial charge in [-0.25, -0.2) is 9.97 Å². The first-order chi connectivity index (χ1) is 22.8. The number of ether oxygens (including phenoxy) is 1. The summed E-state index contributed by atoms with van der Waals surface area (Å²) in [5.41, 5.74) is 13.0. The van der Waals surface area contributed by atoms with Gasteiger partial charge in [0.2, 0.25) is 0 Å². The molecule has 0 spiro atoms. The molecule has 3 aliphatic rings. The Labute approximate surface area is 273 Å². The number of rotatable bonds is 3. The number of hydrogen-bond donors (Lipinski definition) is 2. The quantitative estimate of drug-likeness (QED) is 0.276. The lowest BCUT2D eigenvalue weighted by Crippen LogP contribution is -2.41. The number of carbonyl (C=O) groups excluding carboxylic acids is 2. The van der Waals surface area contributed by atoms with Crippen LogP contribution in [-0.4, -0.2) is 61.6 Å². The van der Waals surface area contributed by atoms with Crippen molar-refractivity contribution in [1.82, 2.24) is 29.3 Å². The predicted octanol–water partition coefficient (Wildman–Crippen LogP) is 5.38. The van der Waals surface area contributed by atoms with Gasteiger partial charge in [-0.3, -0.25) is 9.59 Å². The average Bonchev–Trinajstić information content (AvgIpc) is 3.82. The fourth-order valence-corrected chi connectivity index (χ4v) is 8.13. The number of fused-ring (bicyclic) bond motifs is 5. The van der Waals surface area contributed by atoms with Crippen molar-refractivity contribution >= 4 is 33.9 Å². The van der Waals surface area contributed by atoms with Gasteiger partial charge in [0.25, 0.3) is 11.8 Å². The van der Waals surface area contributed by atoms with E-state index in [9.17, 15) is 9.59 Å². The number of hydrogen-bond acceptors (Lipinski definition) is 6. The monoisotopic (exact) mass is 631 g/mol. The van der Waals surface area contributed by atoms with Gasteiger partial charge in [0.15, 0.2) is 5.82 Å². The smallest absolute Gasteiger partial charge is 0.254 e. The molecule has 5 heterocycles. The molecule has 1 aliphatic carbocycles. The van der Waals surface area contributed by atoms with E-state index in [1.807, 2.05) is 55.3 Å². The Balaban J connectivity index is 1.19. The van der Waals surface area contributed by atoms with Gasteiger partial charge in [-0.15, -0.1) is 0 Å². The maximum Gasteiger partial charge on any atom is 0.254 e. The van der Waals surface area contributed by atoms with E-state index in [1.54, 1.807) is 7.11 Å². The van der Waals surface area contributed by atoms with Crippen molar-refractivity contribution in [3.8, 4) is 17.3 Å². The maximum atomic E-state index is 13.8. The number of benzene rings is 2. The highest BCUT2D eigenvalue weighted by Crippen LogP contribution is 2.39. The van der Waals surface area contributed by atoms with Crippen molar-refractivity contribution in [1.29, 1.82) is 0 Å². The van der Waals surface area contributed by atoms with Crippen molar-refractivity contribution in [2.75, 3.05) is 13.7 Å². The summed E-state index contributed by atoms with van der Waals surface area (Å²) in [7, 11) is 3.63. The fourth-order valence-electron chi connectivity index (χ4n) is 8.13. The third-order valence-electron chi connectivity index (χ3n) is 10.7. The molecule has 1 saturated heterocycles. The van der Waals surface area contributed by atoms with Gasteiger partial charge in [0, 0.05) is 48.7 Å². The van der Waals surface area contributed by atoms with Gasteiger partial charge in [0.1, 0.15) is 16.9 Å². The van der Waals surface area contributed by atoms with Crippen LogP contribution >= 0.6 is 0 Å². The van der Waals surface area contributed by atoms with Crippen LogP contribution in [0.25, 0.3) is 33.6 Å². The van der Waals surface area contributed by atoms with Crippen molar-refractivity contribution in [2.45, 2.75) is 70.1 Å². The highest BCUT2D eigenvalue weighted by Gasteiger charge is 2.47. The molecule has 2 aromatic carbocycles. The first-order valence-corrected chi connectivity index (χ1v) is 16.8. The molecule has 8 rings (SSSR count). The number of carbonyl (C=O) groups is 2. The number of imidazole rings is 1. The molecule has 3 aromatic heterocycles. The van der Waals surface area contributed by atoms with E-state index in [1.165, 1.54) is 0 Å². The van der Waals surface area contributed by atoms with Crippen LogP contribution in [0, 0.1) is 5.92 Å². The number of likely N-dealkylation sites (tertiary alicyclic amines) is 1. The summed E-state index contributed by atoms with van der Waals surface area (Å²) in [4.78, 5) is 39.3. The van der Waals surface area contributed by atoms with Gasteiger partial charge >= 0.3 is 0 Å².